The van der Waals surface area contributed by atoms with Gasteiger partial charge in [0.25, 0.3) is 0 Å². The third-order valence-electron chi connectivity index (χ3n) is 5.54. The van der Waals surface area contributed by atoms with Crippen molar-refractivity contribution >= 4 is 22.6 Å². The van der Waals surface area contributed by atoms with Crippen molar-refractivity contribution in [2.75, 3.05) is 6.61 Å². The predicted molar refractivity (Wildman–Crippen MR) is 146 cm³/mol. The Hall–Kier alpha value is -3.19. The summed E-state index contributed by atoms with van der Waals surface area (Å²) >= 11 is 0. The van der Waals surface area contributed by atoms with Crippen LogP contribution in [0.5, 0.6) is 5.75 Å². The Kier molecular flexibility index (Phi) is 8.33. The highest BCUT2D eigenvalue weighted by atomic mass is 28.4. The van der Waals surface area contributed by atoms with Crippen molar-refractivity contribution in [2.45, 2.75) is 45.2 Å². The van der Waals surface area contributed by atoms with Crippen molar-refractivity contribution in [3.8, 4) is 34.1 Å². The van der Waals surface area contributed by atoms with E-state index in [9.17, 15) is 9.90 Å². The van der Waals surface area contributed by atoms with Crippen molar-refractivity contribution in [3.05, 3.63) is 77.9 Å². The number of aromatic carboxylic acids is 1. The summed E-state index contributed by atoms with van der Waals surface area (Å²) in [6, 6.07) is 23.4. The van der Waals surface area contributed by atoms with Crippen molar-refractivity contribution in [1.82, 2.24) is 0 Å². The molecule has 0 bridgehead atoms. The molecule has 0 aliphatic rings. The average Bonchev–Trinajstić information content (AvgIpc) is 2.80. The Labute approximate surface area is 210 Å². The Balaban J connectivity index is 1.73. The molecule has 182 valence electrons. The van der Waals surface area contributed by atoms with Crippen molar-refractivity contribution in [3.63, 3.8) is 0 Å². The maximum absolute atomic E-state index is 11.9. The predicted octanol–water partition coefficient (Wildman–Crippen LogP) is 7.42. The smallest absolute Gasteiger partial charge is 0.336 e. The van der Waals surface area contributed by atoms with E-state index in [4.69, 9.17) is 14.1 Å². The molecule has 3 aromatic rings. The zero-order valence-electron chi connectivity index (χ0n) is 21.1. The summed E-state index contributed by atoms with van der Waals surface area (Å²) in [5, 5.41) is 18.7. The average molecular weight is 504 g/mol. The maximum atomic E-state index is 11.9. The maximum Gasteiger partial charge on any atom is 0.336 e. The van der Waals surface area contributed by atoms with E-state index in [2.05, 4.69) is 38.8 Å². The fourth-order valence-corrected chi connectivity index (χ4v) is 12.2. The highest BCUT2D eigenvalue weighted by Gasteiger charge is 2.29. The molecule has 0 unspecified atom stereocenters. The first-order valence-electron chi connectivity index (χ1n) is 11.8. The first kappa shape index (κ1) is 26.4. The van der Waals surface area contributed by atoms with Crippen molar-refractivity contribution < 1.29 is 18.8 Å². The fraction of sp³-hybridized carbons (Fsp3) is 0.286. The molecule has 35 heavy (non-hydrogen) atoms. The number of hydrogen-bond acceptors (Lipinski definition) is 4. The van der Waals surface area contributed by atoms with Gasteiger partial charge in [-0.05, 0) is 97.8 Å². The molecule has 0 saturated heterocycles. The van der Waals surface area contributed by atoms with Crippen LogP contribution in [-0.4, -0.2) is 34.3 Å². The van der Waals surface area contributed by atoms with E-state index in [1.165, 1.54) is 0 Å². The normalized spacial score (nSPS) is 11.7. The quantitative estimate of drug-likeness (QED) is 0.230. The summed E-state index contributed by atoms with van der Waals surface area (Å²) in [5.41, 5.74) is 4.27. The Morgan fingerprint density at radius 3 is 2.00 bits per heavy atom. The lowest BCUT2D eigenvalue weighted by Gasteiger charge is -2.31. The molecule has 0 aliphatic heterocycles. The number of carboxylic acids is 1. The molecule has 7 heteroatoms. The van der Waals surface area contributed by atoms with E-state index in [1.54, 1.807) is 30.3 Å². The van der Waals surface area contributed by atoms with Gasteiger partial charge in [0.2, 0.25) is 0 Å². The van der Waals surface area contributed by atoms with Gasteiger partial charge in [0.15, 0.2) is 16.6 Å². The van der Waals surface area contributed by atoms with Gasteiger partial charge in [-0.1, -0.05) is 36.4 Å². The van der Waals surface area contributed by atoms with Crippen LogP contribution in [0, 0.1) is 11.3 Å². The van der Waals surface area contributed by atoms with Crippen LogP contribution in [-0.2, 0) is 4.12 Å². The first-order chi connectivity index (χ1) is 16.5. The molecule has 0 radical (unpaired) electrons. The standard InChI is InChI=1S/C28H33NO4Si2/c1-34(2,3)33-35(4,5)18-6-17-32-25-15-16-26(28(30)31)27(19-25)24-13-11-23(12-14-24)22-9-7-21(20-29)8-10-22/h7-16,19H,6,17-18H2,1-5H3,(H,30,31). The number of carboxylic acid groups (broad SMARTS) is 1. The SMILES string of the molecule is C[Si](C)(C)O[Si](C)(C)CCCOc1ccc(C(=O)O)c(-c2ccc(-c3ccc(C#N)cc3)cc2)c1. The zero-order chi connectivity index (χ0) is 25.6. The molecule has 1 N–H and O–H groups in total. The lowest BCUT2D eigenvalue weighted by Crippen LogP contribution is -2.42. The van der Waals surface area contributed by atoms with Crippen LogP contribution in [0.1, 0.15) is 22.3 Å². The van der Waals surface area contributed by atoms with Gasteiger partial charge in [0.05, 0.1) is 23.8 Å². The van der Waals surface area contributed by atoms with E-state index in [0.717, 1.165) is 29.2 Å². The molecular formula is C28H33NO4Si2. The molecule has 0 aromatic heterocycles. The van der Waals surface area contributed by atoms with Crippen LogP contribution in [0.2, 0.25) is 38.8 Å². The minimum absolute atomic E-state index is 0.237. The minimum atomic E-state index is -1.72. The van der Waals surface area contributed by atoms with Gasteiger partial charge in [0.1, 0.15) is 5.75 Å². The number of hydrogen-bond donors (Lipinski definition) is 1. The third-order valence-corrected chi connectivity index (χ3v) is 11.8. The van der Waals surface area contributed by atoms with Gasteiger partial charge in [-0.25, -0.2) is 4.79 Å². The Morgan fingerprint density at radius 1 is 0.886 bits per heavy atom. The molecular weight excluding hydrogens is 470 g/mol. The highest BCUT2D eigenvalue weighted by Crippen LogP contribution is 2.31. The van der Waals surface area contributed by atoms with Crippen LogP contribution < -0.4 is 4.74 Å². The molecule has 5 nitrogen and oxygen atoms in total. The van der Waals surface area contributed by atoms with E-state index in [1.807, 2.05) is 36.4 Å². The second-order valence-corrected chi connectivity index (χ2v) is 19.3. The van der Waals surface area contributed by atoms with Crippen LogP contribution in [0.4, 0.5) is 0 Å². The summed E-state index contributed by atoms with van der Waals surface area (Å²) in [5.74, 6) is -0.314. The van der Waals surface area contributed by atoms with Crippen LogP contribution in [0.25, 0.3) is 22.3 Å². The second kappa shape index (κ2) is 11.0. The number of ether oxygens (including phenoxy) is 1. The van der Waals surface area contributed by atoms with Crippen molar-refractivity contribution in [2.24, 2.45) is 0 Å². The first-order valence-corrected chi connectivity index (χ1v) is 18.3. The largest absolute Gasteiger partial charge is 0.494 e. The van der Waals surface area contributed by atoms with Crippen LogP contribution in [0.3, 0.4) is 0 Å². The summed E-state index contributed by atoms with van der Waals surface area (Å²) < 4.78 is 12.4. The summed E-state index contributed by atoms with van der Waals surface area (Å²) in [7, 11) is -3.27. The molecule has 0 heterocycles. The number of nitrogens with zero attached hydrogens (tertiary/aromatic N) is 1. The van der Waals surface area contributed by atoms with Crippen LogP contribution in [0.15, 0.2) is 66.7 Å². The Morgan fingerprint density at radius 2 is 1.46 bits per heavy atom. The fourth-order valence-electron chi connectivity index (χ4n) is 4.19. The molecule has 0 spiro atoms. The lowest BCUT2D eigenvalue weighted by atomic mass is 9.96. The molecule has 0 aliphatic carbocycles. The number of rotatable bonds is 10. The molecule has 0 saturated carbocycles. The van der Waals surface area contributed by atoms with Gasteiger partial charge >= 0.3 is 5.97 Å². The lowest BCUT2D eigenvalue weighted by molar-refractivity contribution is 0.0697. The number of benzene rings is 3. The summed E-state index contributed by atoms with van der Waals surface area (Å²) in [6.45, 7) is 11.7. The van der Waals surface area contributed by atoms with Crippen molar-refractivity contribution in [1.29, 1.82) is 5.26 Å². The molecule has 3 rings (SSSR count). The summed E-state index contributed by atoms with van der Waals surface area (Å²) in [4.78, 5) is 11.9. The van der Waals surface area contributed by atoms with Gasteiger partial charge < -0.3 is 14.0 Å². The molecule has 0 fully saturated rings. The topological polar surface area (TPSA) is 79.6 Å². The van der Waals surface area contributed by atoms with E-state index in [-0.39, 0.29) is 5.56 Å². The van der Waals surface area contributed by atoms with Crippen LogP contribution >= 0.6 is 0 Å². The summed E-state index contributed by atoms with van der Waals surface area (Å²) in [6.07, 6.45) is 0.902. The number of carbonyl (C=O) groups is 1. The highest BCUT2D eigenvalue weighted by molar-refractivity contribution is 6.84. The van der Waals surface area contributed by atoms with E-state index < -0.39 is 22.6 Å². The van der Waals surface area contributed by atoms with Gasteiger partial charge in [-0.2, -0.15) is 5.26 Å². The third kappa shape index (κ3) is 7.65. The van der Waals surface area contributed by atoms with E-state index >= 15 is 0 Å². The zero-order valence-corrected chi connectivity index (χ0v) is 23.1. The minimum Gasteiger partial charge on any atom is -0.494 e. The monoisotopic (exact) mass is 503 g/mol. The molecule has 0 atom stereocenters. The number of nitriles is 1. The van der Waals surface area contributed by atoms with Gasteiger partial charge in [0, 0.05) is 0 Å². The van der Waals surface area contributed by atoms with Gasteiger partial charge in [-0.3, -0.25) is 0 Å². The Bertz CT molecular complexity index is 1210. The van der Waals surface area contributed by atoms with Gasteiger partial charge in [-0.15, -0.1) is 0 Å². The molecule has 3 aromatic carbocycles. The molecule has 0 amide bonds. The van der Waals surface area contributed by atoms with E-state index in [0.29, 0.717) is 23.5 Å². The second-order valence-electron chi connectivity index (χ2n) is 10.2.